The normalized spacial score (nSPS) is 12.9. The van der Waals surface area contributed by atoms with Gasteiger partial charge in [0, 0.05) is 5.56 Å². The molecule has 1 heterocycles. The third kappa shape index (κ3) is 1.48. The standard InChI is InChI=1S/C11H9FO3/c1-6(11(13)14)7-5-15-9-4-2-3-8(12)10(7)9/h2-6H,1H3,(H,13,14). The Bertz CT molecular complexity index is 516. The highest BCUT2D eigenvalue weighted by atomic mass is 19.1. The van der Waals surface area contributed by atoms with E-state index in [9.17, 15) is 9.18 Å². The molecule has 1 aromatic heterocycles. The van der Waals surface area contributed by atoms with Crippen molar-refractivity contribution in [2.75, 3.05) is 0 Å². The summed E-state index contributed by atoms with van der Waals surface area (Å²) in [6.07, 6.45) is 1.30. The fourth-order valence-electron chi connectivity index (χ4n) is 1.52. The number of carboxylic acids is 1. The molecule has 1 N–H and O–H groups in total. The van der Waals surface area contributed by atoms with Crippen molar-refractivity contribution in [2.24, 2.45) is 0 Å². The highest BCUT2D eigenvalue weighted by Crippen LogP contribution is 2.29. The average molecular weight is 208 g/mol. The van der Waals surface area contributed by atoms with Crippen molar-refractivity contribution in [3.05, 3.63) is 35.8 Å². The minimum atomic E-state index is -0.999. The molecular weight excluding hydrogens is 199 g/mol. The highest BCUT2D eigenvalue weighted by Gasteiger charge is 2.20. The van der Waals surface area contributed by atoms with E-state index in [0.29, 0.717) is 11.1 Å². The van der Waals surface area contributed by atoms with Crippen LogP contribution in [-0.2, 0) is 4.79 Å². The number of carbonyl (C=O) groups is 1. The SMILES string of the molecule is CC(C(=O)O)c1coc2cccc(F)c12. The van der Waals surface area contributed by atoms with Crippen molar-refractivity contribution in [2.45, 2.75) is 12.8 Å². The topological polar surface area (TPSA) is 50.4 Å². The predicted octanol–water partition coefficient (Wildman–Crippen LogP) is 2.76. The zero-order valence-electron chi connectivity index (χ0n) is 8.03. The second-order valence-electron chi connectivity index (χ2n) is 3.36. The first-order valence-corrected chi connectivity index (χ1v) is 4.49. The molecule has 0 fully saturated rings. The largest absolute Gasteiger partial charge is 0.481 e. The molecule has 2 aromatic rings. The van der Waals surface area contributed by atoms with Crippen molar-refractivity contribution in [1.82, 2.24) is 0 Å². The van der Waals surface area contributed by atoms with E-state index in [1.54, 1.807) is 6.07 Å². The van der Waals surface area contributed by atoms with Gasteiger partial charge in [-0.3, -0.25) is 4.79 Å². The molecule has 1 aromatic carbocycles. The summed E-state index contributed by atoms with van der Waals surface area (Å²) < 4.78 is 18.5. The van der Waals surface area contributed by atoms with Crippen molar-refractivity contribution >= 4 is 16.9 Å². The molecule has 1 unspecified atom stereocenters. The van der Waals surface area contributed by atoms with Gasteiger partial charge in [0.1, 0.15) is 11.4 Å². The van der Waals surface area contributed by atoms with Crippen LogP contribution in [0.4, 0.5) is 4.39 Å². The smallest absolute Gasteiger partial charge is 0.310 e. The highest BCUT2D eigenvalue weighted by molar-refractivity contribution is 5.88. The van der Waals surface area contributed by atoms with Gasteiger partial charge in [-0.25, -0.2) is 4.39 Å². The molecular formula is C11H9FO3. The Morgan fingerprint density at radius 3 is 2.93 bits per heavy atom. The van der Waals surface area contributed by atoms with Crippen LogP contribution in [0.25, 0.3) is 11.0 Å². The molecule has 78 valence electrons. The lowest BCUT2D eigenvalue weighted by Crippen LogP contribution is -2.06. The van der Waals surface area contributed by atoms with Gasteiger partial charge in [-0.05, 0) is 19.1 Å². The summed E-state index contributed by atoms with van der Waals surface area (Å²) in [5.74, 6) is -2.23. The molecule has 0 bridgehead atoms. The van der Waals surface area contributed by atoms with Crippen LogP contribution in [-0.4, -0.2) is 11.1 Å². The van der Waals surface area contributed by atoms with Crippen molar-refractivity contribution in [1.29, 1.82) is 0 Å². The first-order valence-electron chi connectivity index (χ1n) is 4.49. The maximum Gasteiger partial charge on any atom is 0.310 e. The Morgan fingerprint density at radius 2 is 2.27 bits per heavy atom. The molecule has 1 atom stereocenters. The predicted molar refractivity (Wildman–Crippen MR) is 52.2 cm³/mol. The van der Waals surface area contributed by atoms with Crippen LogP contribution in [0.3, 0.4) is 0 Å². The van der Waals surface area contributed by atoms with E-state index in [1.165, 1.54) is 25.3 Å². The Balaban J connectivity index is 2.67. The number of carboxylic acid groups (broad SMARTS) is 1. The van der Waals surface area contributed by atoms with Gasteiger partial charge in [0.25, 0.3) is 0 Å². The van der Waals surface area contributed by atoms with Crippen LogP contribution in [0.5, 0.6) is 0 Å². The molecule has 0 saturated carbocycles. The Morgan fingerprint density at radius 1 is 1.53 bits per heavy atom. The van der Waals surface area contributed by atoms with Crippen LogP contribution in [0, 0.1) is 5.82 Å². The molecule has 0 aliphatic rings. The van der Waals surface area contributed by atoms with E-state index in [0.717, 1.165) is 0 Å². The first-order chi connectivity index (χ1) is 7.11. The van der Waals surface area contributed by atoms with Gasteiger partial charge >= 0.3 is 5.97 Å². The minimum Gasteiger partial charge on any atom is -0.481 e. The number of benzene rings is 1. The number of hydrogen-bond acceptors (Lipinski definition) is 2. The molecule has 0 radical (unpaired) electrons. The number of furan rings is 1. The number of halogens is 1. The van der Waals surface area contributed by atoms with Crippen molar-refractivity contribution in [3.63, 3.8) is 0 Å². The fraction of sp³-hybridized carbons (Fsp3) is 0.182. The van der Waals surface area contributed by atoms with E-state index in [1.807, 2.05) is 0 Å². The van der Waals surface area contributed by atoms with Crippen LogP contribution in [0.15, 0.2) is 28.9 Å². The molecule has 2 rings (SSSR count). The van der Waals surface area contributed by atoms with Crippen LogP contribution in [0.1, 0.15) is 18.4 Å². The minimum absolute atomic E-state index is 0.257. The van der Waals surface area contributed by atoms with Crippen LogP contribution < -0.4 is 0 Å². The summed E-state index contributed by atoms with van der Waals surface area (Å²) in [4.78, 5) is 10.8. The third-order valence-electron chi connectivity index (χ3n) is 2.41. The van der Waals surface area contributed by atoms with Gasteiger partial charge in [-0.2, -0.15) is 0 Å². The van der Waals surface area contributed by atoms with E-state index >= 15 is 0 Å². The van der Waals surface area contributed by atoms with Gasteiger partial charge in [0.15, 0.2) is 0 Å². The monoisotopic (exact) mass is 208 g/mol. The van der Waals surface area contributed by atoms with E-state index < -0.39 is 17.7 Å². The maximum absolute atomic E-state index is 13.5. The summed E-state index contributed by atoms with van der Waals surface area (Å²) in [6, 6.07) is 4.42. The van der Waals surface area contributed by atoms with Gasteiger partial charge in [0.2, 0.25) is 0 Å². The first kappa shape index (κ1) is 9.71. The summed E-state index contributed by atoms with van der Waals surface area (Å²) in [7, 11) is 0. The molecule has 4 heteroatoms. The quantitative estimate of drug-likeness (QED) is 0.825. The second-order valence-corrected chi connectivity index (χ2v) is 3.36. The molecule has 0 aliphatic carbocycles. The fourth-order valence-corrected chi connectivity index (χ4v) is 1.52. The molecule has 0 spiro atoms. The summed E-state index contributed by atoms with van der Waals surface area (Å²) in [5.41, 5.74) is 0.744. The number of fused-ring (bicyclic) bond motifs is 1. The lowest BCUT2D eigenvalue weighted by molar-refractivity contribution is -0.138. The van der Waals surface area contributed by atoms with Gasteiger partial charge in [-0.15, -0.1) is 0 Å². The Kier molecular flexibility index (Phi) is 2.19. The van der Waals surface area contributed by atoms with Crippen LogP contribution in [0.2, 0.25) is 0 Å². The number of aliphatic carboxylic acids is 1. The summed E-state index contributed by atoms with van der Waals surface area (Å²) in [5, 5.41) is 9.10. The lowest BCUT2D eigenvalue weighted by atomic mass is 10.0. The zero-order valence-corrected chi connectivity index (χ0v) is 8.03. The maximum atomic E-state index is 13.5. The number of rotatable bonds is 2. The Labute approximate surface area is 85.1 Å². The zero-order chi connectivity index (χ0) is 11.0. The van der Waals surface area contributed by atoms with Gasteiger partial charge in [0.05, 0.1) is 17.6 Å². The van der Waals surface area contributed by atoms with Gasteiger partial charge in [-0.1, -0.05) is 6.07 Å². The summed E-state index contributed by atoms with van der Waals surface area (Å²) in [6.45, 7) is 1.50. The van der Waals surface area contributed by atoms with Gasteiger partial charge < -0.3 is 9.52 Å². The molecule has 15 heavy (non-hydrogen) atoms. The average Bonchev–Trinajstić information content (AvgIpc) is 2.61. The lowest BCUT2D eigenvalue weighted by Gasteiger charge is -2.03. The van der Waals surface area contributed by atoms with E-state index in [4.69, 9.17) is 9.52 Å². The molecule has 0 aliphatic heterocycles. The number of hydrogen-bond donors (Lipinski definition) is 1. The van der Waals surface area contributed by atoms with Crippen molar-refractivity contribution in [3.8, 4) is 0 Å². The van der Waals surface area contributed by atoms with E-state index in [-0.39, 0.29) is 5.39 Å². The van der Waals surface area contributed by atoms with Crippen LogP contribution >= 0.6 is 0 Å². The second kappa shape index (κ2) is 3.38. The summed E-state index contributed by atoms with van der Waals surface area (Å²) >= 11 is 0. The van der Waals surface area contributed by atoms with E-state index in [2.05, 4.69) is 0 Å². The van der Waals surface area contributed by atoms with Crippen molar-refractivity contribution < 1.29 is 18.7 Å². The Hall–Kier alpha value is -1.84. The molecule has 0 saturated heterocycles. The third-order valence-corrected chi connectivity index (χ3v) is 2.41. The molecule has 3 nitrogen and oxygen atoms in total. The molecule has 0 amide bonds.